The second-order valence-corrected chi connectivity index (χ2v) is 7.21. The lowest BCUT2D eigenvalue weighted by Crippen LogP contribution is -2.37. The molecule has 1 aliphatic rings. The maximum Gasteiger partial charge on any atom is 0.320 e. The minimum atomic E-state index is -0.183. The third-order valence-corrected chi connectivity index (χ3v) is 4.87. The van der Waals surface area contributed by atoms with E-state index in [1.807, 2.05) is 11.8 Å². The summed E-state index contributed by atoms with van der Waals surface area (Å²) in [6.45, 7) is 9.93. The number of amides is 1. The summed E-state index contributed by atoms with van der Waals surface area (Å²) >= 11 is 0. The van der Waals surface area contributed by atoms with Gasteiger partial charge in [-0.3, -0.25) is 14.5 Å². The number of benzene rings is 1. The van der Waals surface area contributed by atoms with Crippen molar-refractivity contribution >= 4 is 11.9 Å². The first-order valence-electron chi connectivity index (χ1n) is 9.74. The van der Waals surface area contributed by atoms with Gasteiger partial charge in [-0.25, -0.2) is 0 Å². The third kappa shape index (κ3) is 6.45. The Balaban J connectivity index is 1.78. The number of carbonyl (C=O) groups is 2. The van der Waals surface area contributed by atoms with Crippen LogP contribution in [0.3, 0.4) is 0 Å². The zero-order valence-corrected chi connectivity index (χ0v) is 16.4. The number of nitrogens with zero attached hydrogens (tertiary/aromatic N) is 2. The fourth-order valence-electron chi connectivity index (χ4n) is 3.25. The first-order valence-corrected chi connectivity index (χ1v) is 9.74. The minimum absolute atomic E-state index is 0.183. The van der Waals surface area contributed by atoms with Crippen molar-refractivity contribution in [3.63, 3.8) is 0 Å². The molecule has 2 rings (SSSR count). The molecule has 1 aromatic carbocycles. The molecule has 0 saturated carbocycles. The monoisotopic (exact) mass is 360 g/mol. The number of rotatable bonds is 7. The average Bonchev–Trinajstić information content (AvgIpc) is 2.86. The largest absolute Gasteiger partial charge is 0.465 e. The molecule has 0 radical (unpaired) electrons. The Morgan fingerprint density at radius 2 is 1.81 bits per heavy atom. The van der Waals surface area contributed by atoms with E-state index in [0.29, 0.717) is 32.0 Å². The number of esters is 1. The zero-order valence-electron chi connectivity index (χ0n) is 16.4. The Morgan fingerprint density at radius 3 is 2.46 bits per heavy atom. The molecule has 0 N–H and O–H groups in total. The highest BCUT2D eigenvalue weighted by molar-refractivity contribution is 5.76. The van der Waals surface area contributed by atoms with Gasteiger partial charge in [-0.15, -0.1) is 0 Å². The maximum absolute atomic E-state index is 12.5. The maximum atomic E-state index is 12.5. The summed E-state index contributed by atoms with van der Waals surface area (Å²) in [6.07, 6.45) is 2.22. The van der Waals surface area contributed by atoms with Crippen LogP contribution in [0.4, 0.5) is 0 Å². The lowest BCUT2D eigenvalue weighted by molar-refractivity contribution is -0.144. The fourth-order valence-corrected chi connectivity index (χ4v) is 3.25. The van der Waals surface area contributed by atoms with Crippen molar-refractivity contribution in [2.45, 2.75) is 46.0 Å². The summed E-state index contributed by atoms with van der Waals surface area (Å²) in [5.41, 5.74) is 2.54. The first-order chi connectivity index (χ1) is 12.5. The summed E-state index contributed by atoms with van der Waals surface area (Å²) in [5.74, 6) is 0.549. The number of carbonyl (C=O) groups excluding carboxylic acids is 2. The molecule has 0 bridgehead atoms. The highest BCUT2D eigenvalue weighted by atomic mass is 16.5. The molecule has 0 aromatic heterocycles. The van der Waals surface area contributed by atoms with E-state index in [1.165, 1.54) is 11.1 Å². The number of hydrogen-bond acceptors (Lipinski definition) is 4. The van der Waals surface area contributed by atoms with Crippen molar-refractivity contribution in [1.82, 2.24) is 9.80 Å². The van der Waals surface area contributed by atoms with E-state index in [-0.39, 0.29) is 11.9 Å². The van der Waals surface area contributed by atoms with E-state index in [2.05, 4.69) is 43.0 Å². The molecule has 5 nitrogen and oxygen atoms in total. The lowest BCUT2D eigenvalue weighted by atomic mass is 10.0. The molecular weight excluding hydrogens is 328 g/mol. The zero-order chi connectivity index (χ0) is 18.9. The fraction of sp³-hybridized carbons (Fsp3) is 0.619. The SMILES string of the molecule is CCOC(=O)CN1CCCN(C(=O)CCc2ccc(C(C)C)cc2)CC1. The second-order valence-electron chi connectivity index (χ2n) is 7.21. The van der Waals surface area contributed by atoms with Crippen LogP contribution in [0.5, 0.6) is 0 Å². The van der Waals surface area contributed by atoms with Crippen molar-refractivity contribution in [3.8, 4) is 0 Å². The van der Waals surface area contributed by atoms with Crippen LogP contribution in [-0.4, -0.2) is 61.0 Å². The Morgan fingerprint density at radius 1 is 1.08 bits per heavy atom. The van der Waals surface area contributed by atoms with Crippen molar-refractivity contribution < 1.29 is 14.3 Å². The van der Waals surface area contributed by atoms with Crippen molar-refractivity contribution in [2.24, 2.45) is 0 Å². The van der Waals surface area contributed by atoms with Crippen LogP contribution in [0.25, 0.3) is 0 Å². The molecule has 26 heavy (non-hydrogen) atoms. The molecule has 5 heteroatoms. The Labute approximate surface area is 157 Å². The van der Waals surface area contributed by atoms with Crippen molar-refractivity contribution in [2.75, 3.05) is 39.3 Å². The van der Waals surface area contributed by atoms with E-state index in [9.17, 15) is 9.59 Å². The molecule has 1 heterocycles. The molecule has 0 aliphatic carbocycles. The summed E-state index contributed by atoms with van der Waals surface area (Å²) in [4.78, 5) is 28.2. The van der Waals surface area contributed by atoms with Gasteiger partial charge in [0.05, 0.1) is 13.2 Å². The second kappa shape index (κ2) is 10.3. The molecule has 1 amide bonds. The van der Waals surface area contributed by atoms with Crippen LogP contribution in [0, 0.1) is 0 Å². The quantitative estimate of drug-likeness (QED) is 0.702. The average molecular weight is 360 g/mol. The number of hydrogen-bond donors (Lipinski definition) is 0. The number of ether oxygens (including phenoxy) is 1. The van der Waals surface area contributed by atoms with Crippen LogP contribution in [0.15, 0.2) is 24.3 Å². The third-order valence-electron chi connectivity index (χ3n) is 4.87. The normalized spacial score (nSPS) is 15.8. The van der Waals surface area contributed by atoms with E-state index < -0.39 is 0 Å². The van der Waals surface area contributed by atoms with Gasteiger partial charge in [0.15, 0.2) is 0 Å². The Bertz CT molecular complexity index is 583. The van der Waals surface area contributed by atoms with Crippen LogP contribution < -0.4 is 0 Å². The van der Waals surface area contributed by atoms with Gasteiger partial charge in [0.1, 0.15) is 0 Å². The van der Waals surface area contributed by atoms with Gasteiger partial charge < -0.3 is 9.64 Å². The molecule has 0 atom stereocenters. The Hall–Kier alpha value is -1.88. The summed E-state index contributed by atoms with van der Waals surface area (Å²) in [7, 11) is 0. The van der Waals surface area contributed by atoms with E-state index in [1.54, 1.807) is 0 Å². The molecule has 0 unspecified atom stereocenters. The van der Waals surface area contributed by atoms with Crippen molar-refractivity contribution in [1.29, 1.82) is 0 Å². The molecular formula is C21H32N2O3. The van der Waals surface area contributed by atoms with E-state index >= 15 is 0 Å². The minimum Gasteiger partial charge on any atom is -0.465 e. The van der Waals surface area contributed by atoms with Gasteiger partial charge in [0.25, 0.3) is 0 Å². The molecule has 144 valence electrons. The molecule has 1 saturated heterocycles. The smallest absolute Gasteiger partial charge is 0.320 e. The molecule has 0 spiro atoms. The van der Waals surface area contributed by atoms with Crippen molar-refractivity contribution in [3.05, 3.63) is 35.4 Å². The number of aryl methyl sites for hydroxylation is 1. The Kier molecular flexibility index (Phi) is 8.10. The molecule has 1 aliphatic heterocycles. The highest BCUT2D eigenvalue weighted by Gasteiger charge is 2.20. The molecule has 1 aromatic rings. The first kappa shape index (κ1) is 20.4. The van der Waals surface area contributed by atoms with Gasteiger partial charge in [-0.05, 0) is 36.8 Å². The van der Waals surface area contributed by atoms with Crippen LogP contribution in [0.2, 0.25) is 0 Å². The standard InChI is InChI=1S/C21H32N2O3/c1-4-26-21(25)16-22-12-5-13-23(15-14-22)20(24)11-8-18-6-9-19(10-7-18)17(2)3/h6-7,9-10,17H,4-5,8,11-16H2,1-3H3. The predicted octanol–water partition coefficient (Wildman–Crippen LogP) is 2.84. The van der Waals surface area contributed by atoms with Gasteiger partial charge in [0.2, 0.25) is 5.91 Å². The van der Waals surface area contributed by atoms with Crippen LogP contribution >= 0.6 is 0 Å². The summed E-state index contributed by atoms with van der Waals surface area (Å²) < 4.78 is 5.01. The van der Waals surface area contributed by atoms with Crippen LogP contribution in [-0.2, 0) is 20.7 Å². The van der Waals surface area contributed by atoms with E-state index in [4.69, 9.17) is 4.74 Å². The van der Waals surface area contributed by atoms with Gasteiger partial charge in [-0.2, -0.15) is 0 Å². The van der Waals surface area contributed by atoms with Gasteiger partial charge >= 0.3 is 5.97 Å². The molecule has 1 fully saturated rings. The highest BCUT2D eigenvalue weighted by Crippen LogP contribution is 2.16. The van der Waals surface area contributed by atoms with Gasteiger partial charge in [0, 0.05) is 32.6 Å². The lowest BCUT2D eigenvalue weighted by Gasteiger charge is -2.21. The van der Waals surface area contributed by atoms with E-state index in [0.717, 1.165) is 32.5 Å². The topological polar surface area (TPSA) is 49.9 Å². The summed E-state index contributed by atoms with van der Waals surface area (Å²) in [6, 6.07) is 8.57. The van der Waals surface area contributed by atoms with Crippen LogP contribution in [0.1, 0.15) is 50.7 Å². The predicted molar refractivity (Wildman–Crippen MR) is 103 cm³/mol. The summed E-state index contributed by atoms with van der Waals surface area (Å²) in [5, 5.41) is 0. The van der Waals surface area contributed by atoms with Gasteiger partial charge in [-0.1, -0.05) is 38.1 Å².